The maximum absolute atomic E-state index is 5.96. The number of hydrogen-bond acceptors (Lipinski definition) is 2. The van der Waals surface area contributed by atoms with Crippen LogP contribution in [-0.2, 0) is 19.7 Å². The summed E-state index contributed by atoms with van der Waals surface area (Å²) in [6.07, 6.45) is 0. The molecule has 0 aliphatic rings. The molecule has 3 nitrogen and oxygen atoms in total. The van der Waals surface area contributed by atoms with E-state index in [1.807, 2.05) is 24.3 Å². The van der Waals surface area contributed by atoms with Crippen LogP contribution in [-0.4, -0.2) is 13.7 Å². The minimum atomic E-state index is 0.539. The minimum Gasteiger partial charge on any atom is -0.493 e. The summed E-state index contributed by atoms with van der Waals surface area (Å²) in [5.74, 6) is 1.57. The molecule has 1 N–H and O–H groups in total. The van der Waals surface area contributed by atoms with Crippen LogP contribution in [0.15, 0.2) is 78.9 Å². The van der Waals surface area contributed by atoms with Crippen molar-refractivity contribution in [3.63, 3.8) is 0 Å². The van der Waals surface area contributed by atoms with Crippen molar-refractivity contribution in [3.8, 4) is 11.5 Å². The van der Waals surface area contributed by atoms with Gasteiger partial charge in [-0.15, -0.1) is 0 Å². The van der Waals surface area contributed by atoms with E-state index in [-0.39, 0.29) is 0 Å². The molecule has 140 valence electrons. The van der Waals surface area contributed by atoms with Crippen LogP contribution in [0.1, 0.15) is 23.6 Å². The van der Waals surface area contributed by atoms with Crippen molar-refractivity contribution >= 4 is 0 Å². The van der Waals surface area contributed by atoms with E-state index < -0.39 is 0 Å². The Balaban J connectivity index is 1.65. The summed E-state index contributed by atoms with van der Waals surface area (Å²) < 4.78 is 11.5. The summed E-state index contributed by atoms with van der Waals surface area (Å²) in [6.45, 7) is 5.82. The molecule has 0 aromatic heterocycles. The Morgan fingerprint density at radius 2 is 1.33 bits per heavy atom. The third-order valence-corrected chi connectivity index (χ3v) is 4.72. The molecular weight excluding hydrogens is 334 g/mol. The predicted molar refractivity (Wildman–Crippen MR) is 109 cm³/mol. The number of nitrogens with one attached hydrogen (secondary N) is 1. The first kappa shape index (κ1) is 19.0. The van der Waals surface area contributed by atoms with Crippen LogP contribution in [0.5, 0.6) is 11.5 Å². The van der Waals surface area contributed by atoms with Crippen LogP contribution >= 0.6 is 0 Å². The number of ether oxygens (including phenoxy) is 2. The van der Waals surface area contributed by atoms with Gasteiger partial charge >= 0.3 is 0 Å². The molecule has 27 heavy (non-hydrogen) atoms. The molecule has 1 unspecified atom stereocenters. The molecule has 1 atom stereocenters. The Bertz CT molecular complexity index is 818. The largest absolute Gasteiger partial charge is 0.493 e. The zero-order valence-corrected chi connectivity index (χ0v) is 16.2. The van der Waals surface area contributed by atoms with Crippen molar-refractivity contribution in [2.45, 2.75) is 26.6 Å². The van der Waals surface area contributed by atoms with Crippen LogP contribution in [0.25, 0.3) is 0 Å². The van der Waals surface area contributed by atoms with Gasteiger partial charge in [-0.2, -0.15) is 0 Å². The lowest BCUT2D eigenvalue weighted by Gasteiger charge is -2.19. The van der Waals surface area contributed by atoms with Crippen LogP contribution in [0.2, 0.25) is 0 Å². The van der Waals surface area contributed by atoms with Gasteiger partial charge in [0, 0.05) is 11.1 Å². The monoisotopic (exact) mass is 362 g/mol. The number of hydrogen-bond donors (Lipinski definition) is 1. The first-order chi connectivity index (χ1) is 13.3. The molecule has 3 aromatic carbocycles. The van der Waals surface area contributed by atoms with Crippen molar-refractivity contribution in [1.29, 1.82) is 0 Å². The highest BCUT2D eigenvalue weighted by Gasteiger charge is 2.12. The lowest BCUT2D eigenvalue weighted by Crippen LogP contribution is -3.09. The second-order valence-corrected chi connectivity index (χ2v) is 6.70. The molecular formula is C24H28NO2+. The van der Waals surface area contributed by atoms with E-state index >= 15 is 0 Å². The van der Waals surface area contributed by atoms with Gasteiger partial charge in [-0.05, 0) is 30.7 Å². The smallest absolute Gasteiger partial charge is 0.161 e. The molecule has 0 amide bonds. The van der Waals surface area contributed by atoms with Gasteiger partial charge in [0.25, 0.3) is 0 Å². The second-order valence-electron chi connectivity index (χ2n) is 6.70. The quantitative estimate of drug-likeness (QED) is 0.624. The maximum Gasteiger partial charge on any atom is 0.161 e. The number of quaternary nitrogens is 1. The van der Waals surface area contributed by atoms with Crippen molar-refractivity contribution in [2.75, 3.05) is 13.7 Å². The van der Waals surface area contributed by atoms with E-state index in [4.69, 9.17) is 9.47 Å². The summed E-state index contributed by atoms with van der Waals surface area (Å²) in [6, 6.07) is 27.1. The average molecular weight is 362 g/mol. The first-order valence-electron chi connectivity index (χ1n) is 9.49. The van der Waals surface area contributed by atoms with Gasteiger partial charge in [-0.25, -0.2) is 0 Å². The molecule has 0 radical (unpaired) electrons. The van der Waals surface area contributed by atoms with Gasteiger partial charge in [0.05, 0.1) is 13.7 Å². The standard InChI is InChI=1S/C24H27NO2/c1-3-25(17-20-10-6-4-7-11-20)18-22-14-15-23(24(16-22)26-2)27-19-21-12-8-5-9-13-21/h4-16H,3,17-19H2,1-2H3/p+1. The minimum absolute atomic E-state index is 0.539. The van der Waals surface area contributed by atoms with Gasteiger partial charge in [0.15, 0.2) is 11.5 Å². The molecule has 3 heteroatoms. The van der Waals surface area contributed by atoms with Crippen molar-refractivity contribution in [2.24, 2.45) is 0 Å². The molecule has 0 aliphatic carbocycles. The lowest BCUT2D eigenvalue weighted by atomic mass is 10.1. The highest BCUT2D eigenvalue weighted by atomic mass is 16.5. The molecule has 0 aliphatic heterocycles. The van der Waals surface area contributed by atoms with Gasteiger partial charge in [0.2, 0.25) is 0 Å². The third-order valence-electron chi connectivity index (χ3n) is 4.72. The van der Waals surface area contributed by atoms with Crippen molar-refractivity contribution in [3.05, 3.63) is 95.6 Å². The fourth-order valence-corrected chi connectivity index (χ4v) is 3.16. The van der Waals surface area contributed by atoms with Crippen LogP contribution in [0.3, 0.4) is 0 Å². The highest BCUT2D eigenvalue weighted by Crippen LogP contribution is 2.28. The topological polar surface area (TPSA) is 22.9 Å². The van der Waals surface area contributed by atoms with Gasteiger partial charge in [-0.1, -0.05) is 60.7 Å². The van der Waals surface area contributed by atoms with Crippen LogP contribution in [0.4, 0.5) is 0 Å². The molecule has 0 saturated carbocycles. The van der Waals surface area contributed by atoms with E-state index in [1.54, 1.807) is 7.11 Å². The average Bonchev–Trinajstić information content (AvgIpc) is 2.73. The molecule has 0 bridgehead atoms. The zero-order chi connectivity index (χ0) is 18.9. The number of rotatable bonds is 9. The van der Waals surface area contributed by atoms with Crippen molar-refractivity contribution in [1.82, 2.24) is 0 Å². The third kappa shape index (κ3) is 5.60. The Kier molecular flexibility index (Phi) is 6.89. The van der Waals surface area contributed by atoms with Crippen LogP contribution < -0.4 is 14.4 Å². The Labute approximate surface area is 162 Å². The summed E-state index contributed by atoms with van der Waals surface area (Å²) >= 11 is 0. The molecule has 3 aromatic rings. The van der Waals surface area contributed by atoms with E-state index in [0.29, 0.717) is 6.61 Å². The summed E-state index contributed by atoms with van der Waals surface area (Å²) in [5.41, 5.74) is 3.77. The predicted octanol–water partition coefficient (Wildman–Crippen LogP) is 3.88. The fraction of sp³-hybridized carbons (Fsp3) is 0.250. The van der Waals surface area contributed by atoms with Crippen molar-refractivity contribution < 1.29 is 14.4 Å². The van der Waals surface area contributed by atoms with Gasteiger partial charge in [0.1, 0.15) is 19.7 Å². The Morgan fingerprint density at radius 3 is 1.96 bits per heavy atom. The van der Waals surface area contributed by atoms with Crippen LogP contribution in [0, 0.1) is 0 Å². The van der Waals surface area contributed by atoms with E-state index in [9.17, 15) is 0 Å². The lowest BCUT2D eigenvalue weighted by molar-refractivity contribution is -0.925. The molecule has 0 saturated heterocycles. The molecule has 0 spiro atoms. The Morgan fingerprint density at radius 1 is 0.704 bits per heavy atom. The highest BCUT2D eigenvalue weighted by molar-refractivity contribution is 5.43. The summed E-state index contributed by atoms with van der Waals surface area (Å²) in [5, 5.41) is 0. The summed E-state index contributed by atoms with van der Waals surface area (Å²) in [7, 11) is 1.70. The summed E-state index contributed by atoms with van der Waals surface area (Å²) in [4.78, 5) is 1.52. The second kappa shape index (κ2) is 9.79. The number of methoxy groups -OCH3 is 1. The molecule has 0 fully saturated rings. The fourth-order valence-electron chi connectivity index (χ4n) is 3.16. The number of benzene rings is 3. The Hall–Kier alpha value is -2.78. The first-order valence-corrected chi connectivity index (χ1v) is 9.49. The van der Waals surface area contributed by atoms with E-state index in [0.717, 1.165) is 36.7 Å². The van der Waals surface area contributed by atoms with E-state index in [2.05, 4.69) is 61.5 Å². The van der Waals surface area contributed by atoms with Gasteiger partial charge in [-0.3, -0.25) is 0 Å². The maximum atomic E-state index is 5.96. The van der Waals surface area contributed by atoms with E-state index in [1.165, 1.54) is 16.0 Å². The molecule has 3 rings (SSSR count). The zero-order valence-electron chi connectivity index (χ0n) is 16.2. The van der Waals surface area contributed by atoms with Gasteiger partial charge < -0.3 is 14.4 Å². The molecule has 0 heterocycles. The normalized spacial score (nSPS) is 11.8. The SMILES string of the molecule is CC[NH+](Cc1ccccc1)Cc1ccc(OCc2ccccc2)c(OC)c1.